The van der Waals surface area contributed by atoms with Gasteiger partial charge in [-0.05, 0) is 58.3 Å². The first-order valence-corrected chi connectivity index (χ1v) is 12.8. The number of fused-ring (bicyclic) bond motifs is 3. The van der Waals surface area contributed by atoms with Gasteiger partial charge < -0.3 is 30.5 Å². The predicted molar refractivity (Wildman–Crippen MR) is 125 cm³/mol. The van der Waals surface area contributed by atoms with Crippen molar-refractivity contribution in [1.82, 2.24) is 20.0 Å². The van der Waals surface area contributed by atoms with Crippen molar-refractivity contribution in [3.05, 3.63) is 0 Å². The van der Waals surface area contributed by atoms with Crippen molar-refractivity contribution in [3.63, 3.8) is 0 Å². The van der Waals surface area contributed by atoms with Crippen molar-refractivity contribution in [3.8, 4) is 0 Å². The fourth-order valence-electron chi connectivity index (χ4n) is 5.81. The van der Waals surface area contributed by atoms with Gasteiger partial charge in [-0.1, -0.05) is 6.92 Å². The molecule has 0 aromatic heterocycles. The fraction of sp³-hybridized carbons (Fsp3) is 0.792. The topological polar surface area (TPSA) is 142 Å². The molecule has 4 aliphatic rings. The van der Waals surface area contributed by atoms with Crippen LogP contribution in [0.4, 0.5) is 0 Å². The summed E-state index contributed by atoms with van der Waals surface area (Å²) in [5.41, 5.74) is 6.22. The smallest absolute Gasteiger partial charge is 0.329 e. The number of amides is 4. The van der Waals surface area contributed by atoms with E-state index in [-0.39, 0.29) is 17.7 Å². The molecular formula is C24H37N5O6. The summed E-state index contributed by atoms with van der Waals surface area (Å²) >= 11 is 0. The summed E-state index contributed by atoms with van der Waals surface area (Å²) < 4.78 is 5.57. The van der Waals surface area contributed by atoms with Crippen LogP contribution in [-0.4, -0.2) is 100 Å². The van der Waals surface area contributed by atoms with Gasteiger partial charge in [-0.15, -0.1) is 0 Å². The molecule has 11 heteroatoms. The number of rotatable bonds is 0. The number of piperidine rings is 1. The molecule has 0 aliphatic carbocycles. The highest BCUT2D eigenvalue weighted by atomic mass is 16.5. The van der Waals surface area contributed by atoms with E-state index in [1.165, 1.54) is 9.80 Å². The van der Waals surface area contributed by atoms with E-state index in [0.717, 1.165) is 12.8 Å². The summed E-state index contributed by atoms with van der Waals surface area (Å²) in [5.74, 6) is -2.03. The molecule has 4 heterocycles. The lowest BCUT2D eigenvalue weighted by Gasteiger charge is -2.39. The van der Waals surface area contributed by atoms with E-state index in [1.807, 2.05) is 6.92 Å². The third kappa shape index (κ3) is 4.87. The third-order valence-corrected chi connectivity index (χ3v) is 7.80. The molecule has 0 unspecified atom stereocenters. The Morgan fingerprint density at radius 2 is 1.46 bits per heavy atom. The number of hydrogen-bond acceptors (Lipinski definition) is 7. The van der Waals surface area contributed by atoms with Crippen molar-refractivity contribution < 1.29 is 28.7 Å². The summed E-state index contributed by atoms with van der Waals surface area (Å²) in [6.45, 7) is 6.26. The minimum Gasteiger partial charge on any atom is -0.459 e. The highest BCUT2D eigenvalue weighted by Gasteiger charge is 2.46. The summed E-state index contributed by atoms with van der Waals surface area (Å²) in [6.07, 6.45) is 2.69. The van der Waals surface area contributed by atoms with Crippen molar-refractivity contribution in [1.29, 1.82) is 0 Å². The van der Waals surface area contributed by atoms with Crippen LogP contribution in [0.1, 0.15) is 59.3 Å². The maximum atomic E-state index is 13.6. The number of carbonyl (C=O) groups excluding carboxylic acids is 5. The maximum absolute atomic E-state index is 13.6. The largest absolute Gasteiger partial charge is 0.459 e. The first-order chi connectivity index (χ1) is 16.6. The monoisotopic (exact) mass is 491 g/mol. The number of cyclic esters (lactones) is 1. The minimum absolute atomic E-state index is 0.0731. The Balaban J connectivity index is 1.67. The zero-order valence-electron chi connectivity index (χ0n) is 20.8. The average Bonchev–Trinajstić information content (AvgIpc) is 3.48. The van der Waals surface area contributed by atoms with Crippen LogP contribution in [-0.2, 0) is 28.7 Å². The molecule has 35 heavy (non-hydrogen) atoms. The van der Waals surface area contributed by atoms with E-state index < -0.39 is 54.1 Å². The molecule has 0 bridgehead atoms. The molecule has 4 fully saturated rings. The van der Waals surface area contributed by atoms with E-state index in [0.29, 0.717) is 45.3 Å². The van der Waals surface area contributed by atoms with Crippen molar-refractivity contribution in [2.75, 3.05) is 19.6 Å². The number of nitrogens with one attached hydrogen (secondary N) is 1. The van der Waals surface area contributed by atoms with Crippen LogP contribution in [0.3, 0.4) is 0 Å². The molecule has 11 nitrogen and oxygen atoms in total. The maximum Gasteiger partial charge on any atom is 0.329 e. The second-order valence-electron chi connectivity index (χ2n) is 10.5. The lowest BCUT2D eigenvalue weighted by molar-refractivity contribution is -0.161. The highest BCUT2D eigenvalue weighted by molar-refractivity contribution is 5.96. The quantitative estimate of drug-likeness (QED) is 0.430. The van der Waals surface area contributed by atoms with Crippen molar-refractivity contribution in [2.45, 2.75) is 95.6 Å². The van der Waals surface area contributed by atoms with Crippen LogP contribution >= 0.6 is 0 Å². The van der Waals surface area contributed by atoms with E-state index in [9.17, 15) is 24.0 Å². The lowest BCUT2D eigenvalue weighted by atomic mass is 9.99. The summed E-state index contributed by atoms with van der Waals surface area (Å²) in [5, 5.41) is 2.78. The molecule has 4 aliphatic heterocycles. The summed E-state index contributed by atoms with van der Waals surface area (Å²) in [6, 6.07) is -4.21. The van der Waals surface area contributed by atoms with Crippen LogP contribution < -0.4 is 11.1 Å². The molecule has 194 valence electrons. The Hall–Kier alpha value is -2.69. The van der Waals surface area contributed by atoms with Crippen LogP contribution in [0.15, 0.2) is 0 Å². The van der Waals surface area contributed by atoms with Gasteiger partial charge in [0.15, 0.2) is 0 Å². The molecule has 4 rings (SSSR count). The minimum atomic E-state index is -1.14. The van der Waals surface area contributed by atoms with Gasteiger partial charge in [0.25, 0.3) is 0 Å². The third-order valence-electron chi connectivity index (χ3n) is 7.80. The van der Waals surface area contributed by atoms with Crippen molar-refractivity contribution in [2.24, 2.45) is 11.7 Å². The van der Waals surface area contributed by atoms with E-state index in [2.05, 4.69) is 5.32 Å². The molecule has 4 saturated heterocycles. The Morgan fingerprint density at radius 3 is 2.20 bits per heavy atom. The van der Waals surface area contributed by atoms with Gasteiger partial charge in [0.05, 0.1) is 0 Å². The Morgan fingerprint density at radius 1 is 0.800 bits per heavy atom. The molecule has 0 saturated carbocycles. The van der Waals surface area contributed by atoms with E-state index in [1.54, 1.807) is 18.7 Å². The van der Waals surface area contributed by atoms with E-state index in [4.69, 9.17) is 10.5 Å². The molecule has 3 N–H and O–H groups in total. The van der Waals surface area contributed by atoms with Gasteiger partial charge in [-0.3, -0.25) is 19.2 Å². The van der Waals surface area contributed by atoms with Gasteiger partial charge >= 0.3 is 5.97 Å². The van der Waals surface area contributed by atoms with Crippen LogP contribution in [0.5, 0.6) is 0 Å². The van der Waals surface area contributed by atoms with Gasteiger partial charge in [-0.25, -0.2) is 4.79 Å². The molecule has 0 aromatic carbocycles. The SMILES string of the molecule is C[C@@H]1C[C@H]2C(=O)O[C@@H](C)[C@H](N)C(=O)N3CCC[C@H]3C(=O)N3CCCC[C@H]3C(=O)N[C@@H](C)C(=O)N2C1. The number of hydrogen-bond donors (Lipinski definition) is 2. The van der Waals surface area contributed by atoms with Gasteiger partial charge in [0, 0.05) is 19.6 Å². The molecule has 0 radical (unpaired) electrons. The number of nitrogens with zero attached hydrogens (tertiary/aromatic N) is 3. The zero-order valence-corrected chi connectivity index (χ0v) is 20.8. The molecule has 7 atom stereocenters. The molecule has 4 amide bonds. The van der Waals surface area contributed by atoms with Gasteiger partial charge in [0.1, 0.15) is 36.3 Å². The Labute approximate surface area is 205 Å². The normalized spacial score (nSPS) is 37.5. The van der Waals surface area contributed by atoms with Gasteiger partial charge in [0.2, 0.25) is 23.6 Å². The molecule has 0 spiro atoms. The second-order valence-corrected chi connectivity index (χ2v) is 10.5. The number of carbonyl (C=O) groups is 5. The van der Waals surface area contributed by atoms with Crippen LogP contribution in [0, 0.1) is 5.92 Å². The first kappa shape index (κ1) is 25.4. The zero-order chi connectivity index (χ0) is 25.4. The number of esters is 1. The number of nitrogens with two attached hydrogens (primary N) is 1. The van der Waals surface area contributed by atoms with Gasteiger partial charge in [-0.2, -0.15) is 0 Å². The number of ether oxygens (including phenoxy) is 1. The van der Waals surface area contributed by atoms with Crippen LogP contribution in [0.25, 0.3) is 0 Å². The molecule has 0 aromatic rings. The molecular weight excluding hydrogens is 454 g/mol. The van der Waals surface area contributed by atoms with E-state index >= 15 is 0 Å². The fourth-order valence-corrected chi connectivity index (χ4v) is 5.81. The average molecular weight is 492 g/mol. The Bertz CT molecular complexity index is 896. The van der Waals surface area contributed by atoms with Crippen molar-refractivity contribution >= 4 is 29.6 Å². The summed E-state index contributed by atoms with van der Waals surface area (Å²) in [4.78, 5) is 70.9. The lowest BCUT2D eigenvalue weighted by Crippen LogP contribution is -2.61. The second kappa shape index (κ2) is 10.1. The predicted octanol–water partition coefficient (Wildman–Crippen LogP) is -0.627. The first-order valence-electron chi connectivity index (χ1n) is 12.8. The van der Waals surface area contributed by atoms with Crippen LogP contribution in [0.2, 0.25) is 0 Å². The standard InChI is InChI=1S/C24H37N5O6/c1-13-11-18-24(34)35-15(3)19(25)23(33)28-10-6-8-17(28)22(32)27-9-5-4-7-16(27)20(30)26-14(2)21(31)29(18)12-13/h13-19H,4-12,25H2,1-3H3,(H,26,30)/t13-,14+,15+,16+,17+,18+,19+/m1/s1. The summed E-state index contributed by atoms with van der Waals surface area (Å²) in [7, 11) is 0. The Kier molecular flexibility index (Phi) is 7.35. The highest BCUT2D eigenvalue weighted by Crippen LogP contribution is 2.28.